The molecule has 5 nitrogen and oxygen atoms in total. The molecule has 1 aromatic carbocycles. The lowest BCUT2D eigenvalue weighted by Gasteiger charge is -2.23. The molecule has 0 N–H and O–H groups in total. The quantitative estimate of drug-likeness (QED) is 0.871. The molecule has 0 spiro atoms. The number of benzene rings is 1. The summed E-state index contributed by atoms with van der Waals surface area (Å²) >= 11 is 0. The van der Waals surface area contributed by atoms with Crippen LogP contribution in [0.3, 0.4) is 0 Å². The Hall–Kier alpha value is -2.30. The van der Waals surface area contributed by atoms with Crippen LogP contribution in [0.4, 0.5) is 0 Å². The van der Waals surface area contributed by atoms with E-state index >= 15 is 0 Å². The Morgan fingerprint density at radius 1 is 1.45 bits per heavy atom. The normalized spacial score (nSPS) is 17.7. The number of methoxy groups -OCH3 is 1. The summed E-state index contributed by atoms with van der Waals surface area (Å²) in [5.74, 6) is 1.63. The minimum Gasteiger partial charge on any atom is -0.496 e. The van der Waals surface area contributed by atoms with E-state index in [0.717, 1.165) is 42.2 Å². The Balaban J connectivity index is 1.76. The van der Waals surface area contributed by atoms with Gasteiger partial charge in [-0.05, 0) is 25.8 Å². The number of carbonyl (C=O) groups excluding carboxylic acids is 1. The zero-order chi connectivity index (χ0) is 15.5. The second-order valence-corrected chi connectivity index (χ2v) is 5.60. The molecular formula is C17H20N2O3. The summed E-state index contributed by atoms with van der Waals surface area (Å²) in [5, 5.41) is 3.93. The van der Waals surface area contributed by atoms with Crippen LogP contribution in [0.5, 0.6) is 5.75 Å². The third kappa shape index (κ3) is 2.84. The first-order chi connectivity index (χ1) is 10.7. The number of amides is 1. The van der Waals surface area contributed by atoms with Gasteiger partial charge in [0.15, 0.2) is 5.76 Å². The number of nitrogens with zero attached hydrogens (tertiary/aromatic N) is 2. The third-order valence-electron chi connectivity index (χ3n) is 4.08. The number of carbonyl (C=O) groups is 1. The van der Waals surface area contributed by atoms with Crippen molar-refractivity contribution in [3.63, 3.8) is 0 Å². The van der Waals surface area contributed by atoms with Gasteiger partial charge in [0.25, 0.3) is 0 Å². The van der Waals surface area contributed by atoms with Gasteiger partial charge in [-0.2, -0.15) is 0 Å². The number of hydrogen-bond acceptors (Lipinski definition) is 4. The number of para-hydroxylation sites is 1. The monoisotopic (exact) mass is 300 g/mol. The molecule has 5 heteroatoms. The van der Waals surface area contributed by atoms with Crippen LogP contribution >= 0.6 is 0 Å². The van der Waals surface area contributed by atoms with Crippen LogP contribution in [-0.4, -0.2) is 29.6 Å². The fraction of sp³-hybridized carbons (Fsp3) is 0.412. The molecule has 2 heterocycles. The highest BCUT2D eigenvalue weighted by atomic mass is 16.5. The van der Waals surface area contributed by atoms with Crippen molar-refractivity contribution in [3.8, 4) is 5.75 Å². The topological polar surface area (TPSA) is 55.6 Å². The van der Waals surface area contributed by atoms with Crippen molar-refractivity contribution in [1.29, 1.82) is 0 Å². The molecule has 1 atom stereocenters. The maximum atomic E-state index is 12.7. The van der Waals surface area contributed by atoms with Crippen molar-refractivity contribution < 1.29 is 14.1 Å². The van der Waals surface area contributed by atoms with Crippen LogP contribution in [-0.2, 0) is 11.2 Å². The molecule has 1 saturated heterocycles. The van der Waals surface area contributed by atoms with E-state index in [-0.39, 0.29) is 11.9 Å². The second kappa shape index (κ2) is 6.22. The van der Waals surface area contributed by atoms with Gasteiger partial charge in [0.1, 0.15) is 5.75 Å². The van der Waals surface area contributed by atoms with Crippen LogP contribution in [0, 0.1) is 6.92 Å². The molecule has 3 rings (SSSR count). The van der Waals surface area contributed by atoms with Crippen molar-refractivity contribution in [2.45, 2.75) is 32.2 Å². The Labute approximate surface area is 129 Å². The first-order valence-corrected chi connectivity index (χ1v) is 7.53. The van der Waals surface area contributed by atoms with Crippen LogP contribution in [0.25, 0.3) is 0 Å². The molecule has 1 aliphatic rings. The molecule has 2 aromatic rings. The first kappa shape index (κ1) is 14.6. The number of ether oxygens (including phenoxy) is 1. The van der Waals surface area contributed by atoms with E-state index in [0.29, 0.717) is 6.42 Å². The van der Waals surface area contributed by atoms with Gasteiger partial charge in [-0.25, -0.2) is 0 Å². The maximum absolute atomic E-state index is 12.7. The van der Waals surface area contributed by atoms with Crippen LogP contribution in [0.2, 0.25) is 0 Å². The average Bonchev–Trinajstić information content (AvgIpc) is 3.16. The fourth-order valence-electron chi connectivity index (χ4n) is 3.01. The molecule has 22 heavy (non-hydrogen) atoms. The van der Waals surface area contributed by atoms with Crippen LogP contribution in [0.1, 0.15) is 35.9 Å². The van der Waals surface area contributed by atoms with Crippen molar-refractivity contribution in [2.75, 3.05) is 13.7 Å². The molecule has 0 aliphatic carbocycles. The molecular weight excluding hydrogens is 280 g/mol. The predicted molar refractivity (Wildman–Crippen MR) is 81.6 cm³/mol. The van der Waals surface area contributed by atoms with E-state index in [1.807, 2.05) is 42.2 Å². The number of aromatic nitrogens is 1. The van der Waals surface area contributed by atoms with Crippen molar-refractivity contribution in [1.82, 2.24) is 10.1 Å². The van der Waals surface area contributed by atoms with Gasteiger partial charge in [0.2, 0.25) is 5.91 Å². The minimum absolute atomic E-state index is 0.00315. The van der Waals surface area contributed by atoms with Crippen molar-refractivity contribution >= 4 is 5.91 Å². The lowest BCUT2D eigenvalue weighted by atomic mass is 10.1. The van der Waals surface area contributed by atoms with Crippen molar-refractivity contribution in [3.05, 3.63) is 47.3 Å². The SMILES string of the molecule is COc1ccccc1CC(=O)N1CCC[C@@H]1c1cc(C)no1. The smallest absolute Gasteiger partial charge is 0.227 e. The summed E-state index contributed by atoms with van der Waals surface area (Å²) in [6.45, 7) is 2.65. The highest BCUT2D eigenvalue weighted by Crippen LogP contribution is 2.33. The van der Waals surface area contributed by atoms with E-state index in [1.165, 1.54) is 0 Å². The number of hydrogen-bond donors (Lipinski definition) is 0. The van der Waals surface area contributed by atoms with Gasteiger partial charge in [-0.3, -0.25) is 4.79 Å². The van der Waals surface area contributed by atoms with Gasteiger partial charge in [-0.15, -0.1) is 0 Å². The van der Waals surface area contributed by atoms with E-state index < -0.39 is 0 Å². The molecule has 0 bridgehead atoms. The zero-order valence-electron chi connectivity index (χ0n) is 12.9. The Bertz CT molecular complexity index is 665. The van der Waals surface area contributed by atoms with E-state index in [2.05, 4.69) is 5.16 Å². The fourth-order valence-corrected chi connectivity index (χ4v) is 3.01. The molecule has 0 saturated carbocycles. The molecule has 1 fully saturated rings. The number of aryl methyl sites for hydroxylation is 1. The Morgan fingerprint density at radius 3 is 3.00 bits per heavy atom. The Morgan fingerprint density at radius 2 is 2.27 bits per heavy atom. The largest absolute Gasteiger partial charge is 0.496 e. The molecule has 1 aliphatic heterocycles. The number of rotatable bonds is 4. The molecule has 1 amide bonds. The van der Waals surface area contributed by atoms with Crippen LogP contribution < -0.4 is 4.74 Å². The summed E-state index contributed by atoms with van der Waals surface area (Å²) < 4.78 is 10.7. The molecule has 0 radical (unpaired) electrons. The lowest BCUT2D eigenvalue weighted by molar-refractivity contribution is -0.131. The second-order valence-electron chi connectivity index (χ2n) is 5.60. The summed E-state index contributed by atoms with van der Waals surface area (Å²) in [6.07, 6.45) is 2.25. The summed E-state index contributed by atoms with van der Waals surface area (Å²) in [6, 6.07) is 9.56. The maximum Gasteiger partial charge on any atom is 0.227 e. The van der Waals surface area contributed by atoms with E-state index in [1.54, 1.807) is 7.11 Å². The average molecular weight is 300 g/mol. The summed E-state index contributed by atoms with van der Waals surface area (Å²) in [7, 11) is 1.62. The predicted octanol–water partition coefficient (Wildman–Crippen LogP) is 2.90. The van der Waals surface area contributed by atoms with Gasteiger partial charge in [0, 0.05) is 18.2 Å². The summed E-state index contributed by atoms with van der Waals surface area (Å²) in [5.41, 5.74) is 1.76. The highest BCUT2D eigenvalue weighted by molar-refractivity contribution is 5.80. The zero-order valence-corrected chi connectivity index (χ0v) is 12.9. The number of likely N-dealkylation sites (tertiary alicyclic amines) is 1. The Kier molecular flexibility index (Phi) is 4.13. The highest BCUT2D eigenvalue weighted by Gasteiger charge is 2.32. The standard InChI is InChI=1S/C17H20N2O3/c1-12-10-16(22-18-12)14-7-5-9-19(14)17(20)11-13-6-3-4-8-15(13)21-2/h3-4,6,8,10,14H,5,7,9,11H2,1-2H3/t14-/m1/s1. The summed E-state index contributed by atoms with van der Waals surface area (Å²) in [4.78, 5) is 14.6. The molecule has 0 unspecified atom stereocenters. The van der Waals surface area contributed by atoms with E-state index in [9.17, 15) is 4.79 Å². The van der Waals surface area contributed by atoms with Gasteiger partial charge in [0.05, 0.1) is 25.3 Å². The van der Waals surface area contributed by atoms with Crippen LogP contribution in [0.15, 0.2) is 34.9 Å². The van der Waals surface area contributed by atoms with E-state index in [4.69, 9.17) is 9.26 Å². The van der Waals surface area contributed by atoms with Gasteiger partial charge < -0.3 is 14.2 Å². The van der Waals surface area contributed by atoms with Gasteiger partial charge >= 0.3 is 0 Å². The molecule has 116 valence electrons. The lowest BCUT2D eigenvalue weighted by Crippen LogP contribution is -2.31. The minimum atomic E-state index is 0.00315. The third-order valence-corrected chi connectivity index (χ3v) is 4.08. The van der Waals surface area contributed by atoms with Gasteiger partial charge in [-0.1, -0.05) is 23.4 Å². The van der Waals surface area contributed by atoms with Crippen molar-refractivity contribution in [2.24, 2.45) is 0 Å². The first-order valence-electron chi connectivity index (χ1n) is 7.53. The molecule has 1 aromatic heterocycles.